The Bertz CT molecular complexity index is 644. The molecule has 0 bridgehead atoms. The van der Waals surface area contributed by atoms with E-state index < -0.39 is 11.7 Å². The zero-order valence-corrected chi connectivity index (χ0v) is 11.1. The van der Waals surface area contributed by atoms with Gasteiger partial charge in [-0.1, -0.05) is 0 Å². The monoisotopic (exact) mass is 285 g/mol. The van der Waals surface area contributed by atoms with Crippen LogP contribution in [0.4, 0.5) is 13.2 Å². The first-order chi connectivity index (χ1) is 9.32. The van der Waals surface area contributed by atoms with Crippen LogP contribution in [0.15, 0.2) is 18.2 Å². The Hall–Kier alpha value is -1.98. The number of rotatable bonds is 3. The number of carbonyl (C=O) groups is 1. The van der Waals surface area contributed by atoms with E-state index in [-0.39, 0.29) is 12.4 Å². The molecule has 0 unspecified atom stereocenters. The molecule has 0 spiro atoms. The van der Waals surface area contributed by atoms with E-state index in [2.05, 4.69) is 9.72 Å². The van der Waals surface area contributed by atoms with E-state index in [1.54, 1.807) is 6.92 Å². The second-order valence-electron chi connectivity index (χ2n) is 4.56. The lowest BCUT2D eigenvalue weighted by Gasteiger charge is -2.07. The van der Waals surface area contributed by atoms with Gasteiger partial charge in [0, 0.05) is 23.0 Å². The van der Waals surface area contributed by atoms with Gasteiger partial charge in [0.25, 0.3) is 0 Å². The van der Waals surface area contributed by atoms with Crippen molar-refractivity contribution in [3.8, 4) is 0 Å². The Balaban J connectivity index is 2.42. The maximum absolute atomic E-state index is 12.7. The van der Waals surface area contributed by atoms with Gasteiger partial charge in [0.15, 0.2) is 0 Å². The van der Waals surface area contributed by atoms with Crippen molar-refractivity contribution in [2.45, 2.75) is 25.9 Å². The summed E-state index contributed by atoms with van der Waals surface area (Å²) in [7, 11) is 1.28. The van der Waals surface area contributed by atoms with Crippen molar-refractivity contribution < 1.29 is 22.7 Å². The summed E-state index contributed by atoms with van der Waals surface area (Å²) in [6, 6.07) is 3.57. The highest BCUT2D eigenvalue weighted by atomic mass is 19.4. The van der Waals surface area contributed by atoms with E-state index in [1.807, 2.05) is 0 Å². The molecule has 0 amide bonds. The minimum absolute atomic E-state index is 0.139. The molecule has 0 aliphatic carbocycles. The quantitative estimate of drug-likeness (QED) is 0.875. The number of H-pyrrole nitrogens is 1. The third kappa shape index (κ3) is 2.79. The Morgan fingerprint density at radius 1 is 1.35 bits per heavy atom. The number of hydrogen-bond acceptors (Lipinski definition) is 2. The molecule has 108 valence electrons. The van der Waals surface area contributed by atoms with Crippen LogP contribution in [0.3, 0.4) is 0 Å². The lowest BCUT2D eigenvalue weighted by Crippen LogP contribution is -2.05. The Kier molecular flexibility index (Phi) is 3.74. The fourth-order valence-electron chi connectivity index (χ4n) is 2.21. The largest absolute Gasteiger partial charge is 0.469 e. The van der Waals surface area contributed by atoms with Gasteiger partial charge >= 0.3 is 12.1 Å². The molecule has 0 saturated carbocycles. The molecule has 1 N–H and O–H groups in total. The molecular weight excluding hydrogens is 271 g/mol. The maximum atomic E-state index is 12.7. The normalized spacial score (nSPS) is 11.8. The second kappa shape index (κ2) is 5.19. The van der Waals surface area contributed by atoms with Crippen LogP contribution in [0.2, 0.25) is 0 Å². The van der Waals surface area contributed by atoms with Crippen molar-refractivity contribution in [3.05, 3.63) is 35.0 Å². The number of alkyl halides is 3. The second-order valence-corrected chi connectivity index (χ2v) is 4.56. The van der Waals surface area contributed by atoms with Crippen LogP contribution in [0.1, 0.15) is 23.2 Å². The summed E-state index contributed by atoms with van der Waals surface area (Å²) in [5, 5.41) is 0.501. The minimum atomic E-state index is -4.38. The number of aromatic nitrogens is 1. The van der Waals surface area contributed by atoms with Crippen LogP contribution in [0, 0.1) is 6.92 Å². The summed E-state index contributed by atoms with van der Waals surface area (Å²) in [6.07, 6.45) is -3.89. The number of esters is 1. The van der Waals surface area contributed by atoms with Gasteiger partial charge in [-0.25, -0.2) is 0 Å². The van der Waals surface area contributed by atoms with Gasteiger partial charge in [-0.15, -0.1) is 0 Å². The zero-order valence-electron chi connectivity index (χ0n) is 11.1. The zero-order chi connectivity index (χ0) is 14.9. The fraction of sp³-hybridized carbons (Fsp3) is 0.357. The molecule has 2 aromatic rings. The van der Waals surface area contributed by atoms with Gasteiger partial charge in [0.1, 0.15) is 0 Å². The minimum Gasteiger partial charge on any atom is -0.469 e. The van der Waals surface area contributed by atoms with Gasteiger partial charge in [0.2, 0.25) is 0 Å². The molecule has 0 fully saturated rings. The number of hydrogen-bond donors (Lipinski definition) is 1. The molecule has 0 atom stereocenters. The van der Waals surface area contributed by atoms with Crippen LogP contribution in [0.5, 0.6) is 0 Å². The van der Waals surface area contributed by atoms with Crippen LogP contribution in [-0.2, 0) is 22.1 Å². The van der Waals surface area contributed by atoms with Gasteiger partial charge in [-0.3, -0.25) is 4.79 Å². The average Bonchev–Trinajstić information content (AvgIpc) is 2.69. The highest BCUT2D eigenvalue weighted by molar-refractivity contribution is 5.86. The molecule has 0 radical (unpaired) electrons. The Morgan fingerprint density at radius 3 is 2.65 bits per heavy atom. The predicted molar refractivity (Wildman–Crippen MR) is 68.4 cm³/mol. The molecule has 0 aliphatic rings. The first-order valence-electron chi connectivity index (χ1n) is 6.08. The molecule has 20 heavy (non-hydrogen) atoms. The lowest BCUT2D eigenvalue weighted by molar-refractivity contribution is -0.140. The number of aryl methyl sites for hydroxylation is 2. The van der Waals surface area contributed by atoms with E-state index in [1.165, 1.54) is 13.2 Å². The number of benzene rings is 1. The SMILES string of the molecule is COC(=O)CCc1c(C)[nH]c2ccc(C(F)(F)F)cc12. The maximum Gasteiger partial charge on any atom is 0.416 e. The number of nitrogens with one attached hydrogen (secondary N) is 1. The van der Waals surface area contributed by atoms with Gasteiger partial charge in [-0.2, -0.15) is 13.2 Å². The Labute approximate surface area is 113 Å². The van der Waals surface area contributed by atoms with Crippen molar-refractivity contribution in [1.82, 2.24) is 4.98 Å². The van der Waals surface area contributed by atoms with Crippen LogP contribution < -0.4 is 0 Å². The van der Waals surface area contributed by atoms with Gasteiger partial charge in [0.05, 0.1) is 12.7 Å². The summed E-state index contributed by atoms with van der Waals surface area (Å²) in [4.78, 5) is 14.2. The van der Waals surface area contributed by atoms with E-state index in [9.17, 15) is 18.0 Å². The van der Waals surface area contributed by atoms with Crippen molar-refractivity contribution >= 4 is 16.9 Å². The smallest absolute Gasteiger partial charge is 0.416 e. The van der Waals surface area contributed by atoms with Crippen molar-refractivity contribution in [3.63, 3.8) is 0 Å². The molecule has 1 heterocycles. The molecule has 2 rings (SSSR count). The van der Waals surface area contributed by atoms with Crippen molar-refractivity contribution in [2.24, 2.45) is 0 Å². The number of methoxy groups -OCH3 is 1. The summed E-state index contributed by atoms with van der Waals surface area (Å²) >= 11 is 0. The number of fused-ring (bicyclic) bond motifs is 1. The van der Waals surface area contributed by atoms with Crippen LogP contribution in [0.25, 0.3) is 10.9 Å². The number of ether oxygens (including phenoxy) is 1. The highest BCUT2D eigenvalue weighted by Crippen LogP contribution is 2.33. The van der Waals surface area contributed by atoms with Crippen molar-refractivity contribution in [1.29, 1.82) is 0 Å². The molecule has 0 aliphatic heterocycles. The topological polar surface area (TPSA) is 42.1 Å². The lowest BCUT2D eigenvalue weighted by atomic mass is 10.0. The van der Waals surface area contributed by atoms with E-state index >= 15 is 0 Å². The third-order valence-corrected chi connectivity index (χ3v) is 3.25. The van der Waals surface area contributed by atoms with Crippen LogP contribution >= 0.6 is 0 Å². The molecular formula is C14H14F3NO2. The number of aromatic amines is 1. The molecule has 1 aromatic carbocycles. The Morgan fingerprint density at radius 2 is 2.05 bits per heavy atom. The first-order valence-corrected chi connectivity index (χ1v) is 6.08. The third-order valence-electron chi connectivity index (χ3n) is 3.25. The predicted octanol–water partition coefficient (Wildman–Crippen LogP) is 3.60. The van der Waals surface area contributed by atoms with Gasteiger partial charge in [-0.05, 0) is 37.1 Å². The number of carbonyl (C=O) groups excluding carboxylic acids is 1. The van der Waals surface area contributed by atoms with Crippen molar-refractivity contribution in [2.75, 3.05) is 7.11 Å². The van der Waals surface area contributed by atoms with E-state index in [0.717, 1.165) is 23.4 Å². The summed E-state index contributed by atoms with van der Waals surface area (Å²) in [6.45, 7) is 1.78. The fourth-order valence-corrected chi connectivity index (χ4v) is 2.21. The first kappa shape index (κ1) is 14.4. The molecule has 3 nitrogen and oxygen atoms in total. The highest BCUT2D eigenvalue weighted by Gasteiger charge is 2.30. The summed E-state index contributed by atoms with van der Waals surface area (Å²) < 4.78 is 42.8. The average molecular weight is 285 g/mol. The van der Waals surface area contributed by atoms with E-state index in [4.69, 9.17) is 0 Å². The van der Waals surface area contributed by atoms with E-state index in [0.29, 0.717) is 17.3 Å². The standard InChI is InChI=1S/C14H14F3NO2/c1-8-10(4-6-13(19)20-2)11-7-9(14(15,16)17)3-5-12(11)18-8/h3,5,7,18H,4,6H2,1-2H3. The summed E-state index contributed by atoms with van der Waals surface area (Å²) in [5.74, 6) is -0.384. The molecule has 0 saturated heterocycles. The van der Waals surface area contributed by atoms with Gasteiger partial charge < -0.3 is 9.72 Å². The molecule has 1 aromatic heterocycles. The van der Waals surface area contributed by atoms with Crippen LogP contribution in [-0.4, -0.2) is 18.1 Å². The molecule has 6 heteroatoms. The summed E-state index contributed by atoms with van der Waals surface area (Å²) in [5.41, 5.74) is 1.43. The number of halogens is 3.